The summed E-state index contributed by atoms with van der Waals surface area (Å²) in [6.45, 7) is 2.15. The van der Waals surface area contributed by atoms with E-state index >= 15 is 0 Å². The minimum absolute atomic E-state index is 0.167. The zero-order valence-electron chi connectivity index (χ0n) is 10.2. The van der Waals surface area contributed by atoms with Gasteiger partial charge in [0, 0.05) is 6.04 Å². The highest BCUT2D eigenvalue weighted by molar-refractivity contribution is 6.33. The van der Waals surface area contributed by atoms with Gasteiger partial charge in [-0.05, 0) is 36.6 Å². The van der Waals surface area contributed by atoms with Crippen molar-refractivity contribution >= 4 is 40.4 Å². The minimum Gasteiger partial charge on any atom is -0.380 e. The number of halogens is 2. The van der Waals surface area contributed by atoms with Crippen LogP contribution in [-0.2, 0) is 6.42 Å². The number of aromatic nitrogens is 2. The molecule has 1 unspecified atom stereocenters. The Morgan fingerprint density at radius 3 is 3.05 bits per heavy atom. The molecule has 1 aliphatic heterocycles. The van der Waals surface area contributed by atoms with E-state index < -0.39 is 0 Å². The highest BCUT2D eigenvalue weighted by atomic mass is 35.5. The lowest BCUT2D eigenvalue weighted by Gasteiger charge is -2.12. The molecule has 2 heterocycles. The van der Waals surface area contributed by atoms with Gasteiger partial charge in [-0.25, -0.2) is 4.98 Å². The number of rotatable bonds is 2. The molecule has 1 atom stereocenters. The molecule has 0 aliphatic carbocycles. The van der Waals surface area contributed by atoms with E-state index in [9.17, 15) is 0 Å². The molecule has 98 valence electrons. The van der Waals surface area contributed by atoms with Crippen LogP contribution in [-0.4, -0.2) is 16.0 Å². The Morgan fingerprint density at radius 1 is 1.37 bits per heavy atom. The van der Waals surface area contributed by atoms with Crippen LogP contribution in [0.15, 0.2) is 24.4 Å². The molecule has 2 N–H and O–H groups in total. The van der Waals surface area contributed by atoms with E-state index in [-0.39, 0.29) is 5.28 Å². The Kier molecular flexibility index (Phi) is 3.21. The summed E-state index contributed by atoms with van der Waals surface area (Å²) in [5.74, 6) is 0.511. The number of hydrogen-bond acceptors (Lipinski definition) is 4. The van der Waals surface area contributed by atoms with Crippen LogP contribution in [0.3, 0.4) is 0 Å². The molecule has 6 heteroatoms. The second-order valence-corrected chi connectivity index (χ2v) is 5.30. The van der Waals surface area contributed by atoms with Gasteiger partial charge in [-0.3, -0.25) is 0 Å². The molecule has 0 fully saturated rings. The number of anilines is 3. The molecule has 0 radical (unpaired) electrons. The predicted octanol–water partition coefficient (Wildman–Crippen LogP) is 3.88. The van der Waals surface area contributed by atoms with E-state index in [1.54, 1.807) is 0 Å². The van der Waals surface area contributed by atoms with Crippen LogP contribution in [0.5, 0.6) is 0 Å². The van der Waals surface area contributed by atoms with Crippen molar-refractivity contribution in [2.24, 2.45) is 0 Å². The Hall–Kier alpha value is -1.52. The second kappa shape index (κ2) is 4.87. The number of hydrogen-bond donors (Lipinski definition) is 2. The average Bonchev–Trinajstić information content (AvgIpc) is 2.75. The first kappa shape index (κ1) is 12.5. The third kappa shape index (κ3) is 2.46. The van der Waals surface area contributed by atoms with Crippen molar-refractivity contribution in [2.45, 2.75) is 19.4 Å². The van der Waals surface area contributed by atoms with Crippen LogP contribution < -0.4 is 10.6 Å². The van der Waals surface area contributed by atoms with Crippen LogP contribution in [0.25, 0.3) is 0 Å². The zero-order valence-corrected chi connectivity index (χ0v) is 11.8. The quantitative estimate of drug-likeness (QED) is 0.825. The van der Waals surface area contributed by atoms with E-state index in [4.69, 9.17) is 23.2 Å². The van der Waals surface area contributed by atoms with Gasteiger partial charge in [-0.15, -0.1) is 0 Å². The molecule has 0 spiro atoms. The van der Waals surface area contributed by atoms with Gasteiger partial charge in [0.05, 0.1) is 17.6 Å². The van der Waals surface area contributed by atoms with Crippen molar-refractivity contribution in [1.82, 2.24) is 9.97 Å². The largest absolute Gasteiger partial charge is 0.380 e. The van der Waals surface area contributed by atoms with Gasteiger partial charge in [0.25, 0.3) is 0 Å². The molecule has 0 saturated heterocycles. The predicted molar refractivity (Wildman–Crippen MR) is 78.6 cm³/mol. The van der Waals surface area contributed by atoms with Gasteiger partial charge in [0.15, 0.2) is 5.82 Å². The standard InChI is InChI=1S/C13H12Cl2N4/c1-7-5-8-3-2-4-10(11(8)17-7)18-12-9(14)6-16-13(15)19-12/h2-4,6-7,17H,5H2,1H3,(H,16,18,19). The van der Waals surface area contributed by atoms with E-state index in [1.807, 2.05) is 12.1 Å². The van der Waals surface area contributed by atoms with Crippen molar-refractivity contribution < 1.29 is 0 Å². The molecule has 1 aliphatic rings. The summed E-state index contributed by atoms with van der Waals surface area (Å²) in [7, 11) is 0. The summed E-state index contributed by atoms with van der Waals surface area (Å²) >= 11 is 11.8. The lowest BCUT2D eigenvalue weighted by molar-refractivity contribution is 0.839. The summed E-state index contributed by atoms with van der Waals surface area (Å²) in [6.07, 6.45) is 2.50. The number of fused-ring (bicyclic) bond motifs is 1. The molecule has 3 rings (SSSR count). The molecule has 1 aromatic heterocycles. The summed E-state index contributed by atoms with van der Waals surface area (Å²) in [5, 5.41) is 7.25. The van der Waals surface area contributed by atoms with Crippen molar-refractivity contribution in [3.63, 3.8) is 0 Å². The molecular weight excluding hydrogens is 283 g/mol. The van der Waals surface area contributed by atoms with Gasteiger partial charge in [0.1, 0.15) is 5.02 Å². The molecule has 0 saturated carbocycles. The van der Waals surface area contributed by atoms with Crippen LogP contribution in [0.4, 0.5) is 17.2 Å². The van der Waals surface area contributed by atoms with Crippen LogP contribution in [0, 0.1) is 0 Å². The summed E-state index contributed by atoms with van der Waals surface area (Å²) in [5.41, 5.74) is 3.33. The molecular formula is C13H12Cl2N4. The van der Waals surface area contributed by atoms with Gasteiger partial charge >= 0.3 is 0 Å². The van der Waals surface area contributed by atoms with Gasteiger partial charge in [-0.2, -0.15) is 4.98 Å². The zero-order chi connectivity index (χ0) is 13.4. The number of para-hydroxylation sites is 1. The average molecular weight is 295 g/mol. The Morgan fingerprint density at radius 2 is 2.21 bits per heavy atom. The fourth-order valence-electron chi connectivity index (χ4n) is 2.23. The highest BCUT2D eigenvalue weighted by Crippen LogP contribution is 2.35. The van der Waals surface area contributed by atoms with Gasteiger partial charge in [-0.1, -0.05) is 23.7 Å². The number of benzene rings is 1. The minimum atomic E-state index is 0.167. The topological polar surface area (TPSA) is 49.8 Å². The monoisotopic (exact) mass is 294 g/mol. The van der Waals surface area contributed by atoms with E-state index in [0.29, 0.717) is 16.9 Å². The Labute approximate surface area is 121 Å². The first-order valence-corrected chi connectivity index (χ1v) is 6.72. The number of nitrogens with one attached hydrogen (secondary N) is 2. The van der Waals surface area contributed by atoms with Gasteiger partial charge < -0.3 is 10.6 Å². The smallest absolute Gasteiger partial charge is 0.224 e. The van der Waals surface area contributed by atoms with Gasteiger partial charge in [0.2, 0.25) is 5.28 Å². The Balaban J connectivity index is 1.97. The van der Waals surface area contributed by atoms with E-state index in [1.165, 1.54) is 11.8 Å². The van der Waals surface area contributed by atoms with E-state index in [0.717, 1.165) is 17.8 Å². The second-order valence-electron chi connectivity index (χ2n) is 4.55. The van der Waals surface area contributed by atoms with Crippen molar-refractivity contribution in [3.05, 3.63) is 40.3 Å². The van der Waals surface area contributed by atoms with Crippen LogP contribution in [0.2, 0.25) is 10.3 Å². The summed E-state index contributed by atoms with van der Waals surface area (Å²) in [6, 6.07) is 6.54. The molecule has 2 aromatic rings. The summed E-state index contributed by atoms with van der Waals surface area (Å²) in [4.78, 5) is 7.93. The molecule has 0 amide bonds. The van der Waals surface area contributed by atoms with Crippen molar-refractivity contribution in [3.8, 4) is 0 Å². The first-order valence-electron chi connectivity index (χ1n) is 5.97. The maximum Gasteiger partial charge on any atom is 0.224 e. The molecule has 19 heavy (non-hydrogen) atoms. The number of nitrogens with zero attached hydrogens (tertiary/aromatic N) is 2. The summed E-state index contributed by atoms with van der Waals surface area (Å²) < 4.78 is 0. The molecule has 0 bridgehead atoms. The maximum atomic E-state index is 6.06. The first-order chi connectivity index (χ1) is 9.13. The van der Waals surface area contributed by atoms with Crippen LogP contribution in [0.1, 0.15) is 12.5 Å². The van der Waals surface area contributed by atoms with E-state index in [2.05, 4.69) is 33.6 Å². The highest BCUT2D eigenvalue weighted by Gasteiger charge is 2.20. The van der Waals surface area contributed by atoms with Crippen molar-refractivity contribution in [2.75, 3.05) is 10.6 Å². The Bertz CT molecular complexity index is 630. The lowest BCUT2D eigenvalue weighted by Crippen LogP contribution is -2.09. The third-order valence-electron chi connectivity index (χ3n) is 3.04. The maximum absolute atomic E-state index is 6.06. The molecule has 4 nitrogen and oxygen atoms in total. The molecule has 1 aromatic carbocycles. The fraction of sp³-hybridized carbons (Fsp3) is 0.231. The third-order valence-corrected chi connectivity index (χ3v) is 3.49. The SMILES string of the molecule is CC1Cc2cccc(Nc3nc(Cl)ncc3Cl)c2N1. The normalized spacial score (nSPS) is 16.9. The fourth-order valence-corrected chi connectivity index (χ4v) is 2.50. The van der Waals surface area contributed by atoms with Crippen LogP contribution >= 0.6 is 23.2 Å². The lowest BCUT2D eigenvalue weighted by atomic mass is 10.1. The van der Waals surface area contributed by atoms with Crippen molar-refractivity contribution in [1.29, 1.82) is 0 Å².